The molecule has 1 aromatic rings. The molecule has 1 unspecified atom stereocenters. The van der Waals surface area contributed by atoms with Gasteiger partial charge in [-0.25, -0.2) is 13.1 Å². The molecule has 1 aliphatic rings. The van der Waals surface area contributed by atoms with E-state index in [0.717, 1.165) is 24.9 Å². The molecule has 0 amide bonds. The summed E-state index contributed by atoms with van der Waals surface area (Å²) in [6.45, 7) is 3.32. The maximum atomic E-state index is 12.2. The molecule has 0 spiro atoms. The van der Waals surface area contributed by atoms with Crippen LogP contribution in [0.25, 0.3) is 0 Å². The normalized spacial score (nSPS) is 20.8. The van der Waals surface area contributed by atoms with Gasteiger partial charge in [-0.1, -0.05) is 0 Å². The van der Waals surface area contributed by atoms with Crippen LogP contribution in [-0.2, 0) is 10.0 Å². The van der Waals surface area contributed by atoms with Crippen LogP contribution < -0.4 is 10.5 Å². The van der Waals surface area contributed by atoms with Gasteiger partial charge in [0.05, 0.1) is 4.90 Å². The Labute approximate surface area is 114 Å². The van der Waals surface area contributed by atoms with Crippen LogP contribution >= 0.6 is 0 Å². The number of rotatable bonds is 4. The van der Waals surface area contributed by atoms with E-state index < -0.39 is 10.0 Å². The van der Waals surface area contributed by atoms with E-state index in [1.165, 1.54) is 6.07 Å². The Balaban J connectivity index is 2.09. The van der Waals surface area contributed by atoms with Crippen molar-refractivity contribution >= 4 is 15.7 Å². The summed E-state index contributed by atoms with van der Waals surface area (Å²) in [6.07, 6.45) is 2.16. The number of nitrogen functional groups attached to an aromatic ring is 1. The first-order valence-corrected chi connectivity index (χ1v) is 7.94. The highest BCUT2D eigenvalue weighted by molar-refractivity contribution is 7.89. The highest BCUT2D eigenvalue weighted by Gasteiger charge is 2.23. The molecule has 3 N–H and O–H groups in total. The quantitative estimate of drug-likeness (QED) is 0.807. The molecule has 0 radical (unpaired) electrons. The van der Waals surface area contributed by atoms with Crippen LogP contribution in [-0.4, -0.2) is 39.5 Å². The van der Waals surface area contributed by atoms with Gasteiger partial charge in [-0.2, -0.15) is 0 Å². The van der Waals surface area contributed by atoms with Gasteiger partial charge in [0.15, 0.2) is 0 Å². The third-order valence-corrected chi connectivity index (χ3v) is 4.97. The highest BCUT2D eigenvalue weighted by Crippen LogP contribution is 2.18. The van der Waals surface area contributed by atoms with Crippen molar-refractivity contribution < 1.29 is 8.42 Å². The molecule has 2 rings (SSSR count). The van der Waals surface area contributed by atoms with Crippen molar-refractivity contribution in [3.63, 3.8) is 0 Å². The minimum absolute atomic E-state index is 0.241. The van der Waals surface area contributed by atoms with Crippen molar-refractivity contribution in [3.05, 3.63) is 23.8 Å². The molecule has 0 aromatic heterocycles. The predicted octanol–water partition coefficient (Wildman–Crippen LogP) is 0.950. The van der Waals surface area contributed by atoms with Crippen molar-refractivity contribution in [2.75, 3.05) is 25.9 Å². The van der Waals surface area contributed by atoms with Crippen molar-refractivity contribution in [1.29, 1.82) is 0 Å². The van der Waals surface area contributed by atoms with E-state index in [0.29, 0.717) is 12.2 Å². The third-order valence-electron chi connectivity index (χ3n) is 3.56. The zero-order valence-corrected chi connectivity index (χ0v) is 12.2. The summed E-state index contributed by atoms with van der Waals surface area (Å²) < 4.78 is 27.1. The molecular formula is C13H21N3O2S. The van der Waals surface area contributed by atoms with Crippen molar-refractivity contribution in [2.24, 2.45) is 0 Å². The number of nitrogens with two attached hydrogens (primary N) is 1. The van der Waals surface area contributed by atoms with Gasteiger partial charge in [0.25, 0.3) is 0 Å². The van der Waals surface area contributed by atoms with E-state index in [9.17, 15) is 8.42 Å². The standard InChI is InChI=1S/C13H21N3O2S/c1-10-6-11(14)8-13(7-10)19(17,18)15-9-12-4-3-5-16(12)2/h6-8,12,15H,3-5,9,14H2,1-2H3. The first-order valence-electron chi connectivity index (χ1n) is 6.45. The Morgan fingerprint density at radius 2 is 2.16 bits per heavy atom. The topological polar surface area (TPSA) is 75.4 Å². The number of likely N-dealkylation sites (N-methyl/N-ethyl adjacent to an activating group) is 1. The van der Waals surface area contributed by atoms with E-state index in [1.54, 1.807) is 12.1 Å². The van der Waals surface area contributed by atoms with E-state index in [2.05, 4.69) is 9.62 Å². The monoisotopic (exact) mass is 283 g/mol. The van der Waals surface area contributed by atoms with Crippen LogP contribution in [0, 0.1) is 6.92 Å². The SMILES string of the molecule is Cc1cc(N)cc(S(=O)(=O)NCC2CCCN2C)c1. The number of likely N-dealkylation sites (tertiary alicyclic amines) is 1. The van der Waals surface area contributed by atoms with Crippen LogP contribution in [0.1, 0.15) is 18.4 Å². The van der Waals surface area contributed by atoms with E-state index >= 15 is 0 Å². The van der Waals surface area contributed by atoms with Gasteiger partial charge in [-0.05, 0) is 57.1 Å². The maximum absolute atomic E-state index is 12.2. The molecule has 19 heavy (non-hydrogen) atoms. The second-order valence-electron chi connectivity index (χ2n) is 5.21. The molecule has 0 saturated carbocycles. The van der Waals surface area contributed by atoms with E-state index in [-0.39, 0.29) is 10.9 Å². The highest BCUT2D eigenvalue weighted by atomic mass is 32.2. The zero-order chi connectivity index (χ0) is 14.0. The Bertz CT molecular complexity index is 537. The number of nitrogens with zero attached hydrogens (tertiary/aromatic N) is 1. The summed E-state index contributed by atoms with van der Waals surface area (Å²) in [6, 6.07) is 5.17. The zero-order valence-electron chi connectivity index (χ0n) is 11.4. The van der Waals surface area contributed by atoms with Gasteiger partial charge in [0.1, 0.15) is 0 Å². The number of hydrogen-bond donors (Lipinski definition) is 2. The summed E-state index contributed by atoms with van der Waals surface area (Å²) in [5, 5.41) is 0. The Hall–Kier alpha value is -1.11. The lowest BCUT2D eigenvalue weighted by atomic mass is 10.2. The molecule has 0 bridgehead atoms. The first kappa shape index (κ1) is 14.3. The molecule has 1 fully saturated rings. The molecule has 1 aromatic carbocycles. The summed E-state index contributed by atoms with van der Waals surface area (Å²) in [7, 11) is -1.45. The Kier molecular flexibility index (Phi) is 4.13. The average Bonchev–Trinajstić information content (AvgIpc) is 2.71. The van der Waals surface area contributed by atoms with Gasteiger partial charge in [-0.3, -0.25) is 0 Å². The van der Waals surface area contributed by atoms with Gasteiger partial charge in [-0.15, -0.1) is 0 Å². The van der Waals surface area contributed by atoms with Crippen LogP contribution in [0.15, 0.2) is 23.1 Å². The number of benzene rings is 1. The smallest absolute Gasteiger partial charge is 0.240 e. The second-order valence-corrected chi connectivity index (χ2v) is 6.97. The summed E-state index contributed by atoms with van der Waals surface area (Å²) >= 11 is 0. The molecule has 1 saturated heterocycles. The minimum atomic E-state index is -3.47. The Morgan fingerprint density at radius 1 is 1.42 bits per heavy atom. The van der Waals surface area contributed by atoms with Gasteiger partial charge in [0, 0.05) is 18.3 Å². The fourth-order valence-electron chi connectivity index (χ4n) is 2.46. The van der Waals surface area contributed by atoms with Gasteiger partial charge >= 0.3 is 0 Å². The second kappa shape index (κ2) is 5.48. The molecule has 1 aliphatic heterocycles. The van der Waals surface area contributed by atoms with Gasteiger partial charge in [0.2, 0.25) is 10.0 Å². The molecule has 0 aliphatic carbocycles. The lowest BCUT2D eigenvalue weighted by molar-refractivity contribution is 0.311. The van der Waals surface area contributed by atoms with Crippen molar-refractivity contribution in [1.82, 2.24) is 9.62 Å². The van der Waals surface area contributed by atoms with Crippen molar-refractivity contribution in [2.45, 2.75) is 30.7 Å². The van der Waals surface area contributed by atoms with Crippen LogP contribution in [0.2, 0.25) is 0 Å². The van der Waals surface area contributed by atoms with E-state index in [4.69, 9.17) is 5.73 Å². The number of hydrogen-bond acceptors (Lipinski definition) is 4. The first-order chi connectivity index (χ1) is 8.88. The van der Waals surface area contributed by atoms with Crippen LogP contribution in [0.4, 0.5) is 5.69 Å². The van der Waals surface area contributed by atoms with E-state index in [1.807, 2.05) is 14.0 Å². The minimum Gasteiger partial charge on any atom is -0.399 e. The fourth-order valence-corrected chi connectivity index (χ4v) is 3.67. The molecular weight excluding hydrogens is 262 g/mol. The average molecular weight is 283 g/mol. The summed E-state index contributed by atoms with van der Waals surface area (Å²) in [4.78, 5) is 2.43. The lowest BCUT2D eigenvalue weighted by Crippen LogP contribution is -2.38. The Morgan fingerprint density at radius 3 is 2.74 bits per heavy atom. The number of sulfonamides is 1. The summed E-state index contributed by atoms with van der Waals surface area (Å²) in [5.74, 6) is 0. The maximum Gasteiger partial charge on any atom is 0.240 e. The molecule has 106 valence electrons. The molecule has 1 heterocycles. The van der Waals surface area contributed by atoms with Gasteiger partial charge < -0.3 is 10.6 Å². The summed E-state index contributed by atoms with van der Waals surface area (Å²) in [5.41, 5.74) is 7.01. The number of nitrogens with one attached hydrogen (secondary N) is 1. The van der Waals surface area contributed by atoms with Crippen LogP contribution in [0.3, 0.4) is 0 Å². The lowest BCUT2D eigenvalue weighted by Gasteiger charge is -2.19. The molecule has 1 atom stereocenters. The predicted molar refractivity (Wildman–Crippen MR) is 76.4 cm³/mol. The number of aryl methyl sites for hydroxylation is 1. The fraction of sp³-hybridized carbons (Fsp3) is 0.538. The third kappa shape index (κ3) is 3.46. The molecule has 6 heteroatoms. The molecule has 5 nitrogen and oxygen atoms in total. The van der Waals surface area contributed by atoms with Crippen LogP contribution in [0.5, 0.6) is 0 Å². The largest absolute Gasteiger partial charge is 0.399 e. The van der Waals surface area contributed by atoms with Crippen molar-refractivity contribution in [3.8, 4) is 0 Å². The number of anilines is 1.